The first kappa shape index (κ1) is 8.93. The van der Waals surface area contributed by atoms with Crippen LogP contribution in [-0.4, -0.2) is 27.1 Å². The van der Waals surface area contributed by atoms with Gasteiger partial charge in [-0.25, -0.2) is 4.98 Å². The quantitative estimate of drug-likeness (QED) is 0.675. The fourth-order valence-electron chi connectivity index (χ4n) is 1.49. The Morgan fingerprint density at radius 1 is 1.57 bits per heavy atom. The molecule has 1 aromatic heterocycles. The average Bonchev–Trinajstić information content (AvgIpc) is 2.72. The number of nitrogens with zero attached hydrogens (tertiary/aromatic N) is 2. The van der Waals surface area contributed by atoms with Crippen LogP contribution in [0.15, 0.2) is 18.5 Å². The molecule has 1 aliphatic rings. The van der Waals surface area contributed by atoms with Gasteiger partial charge < -0.3 is 5.32 Å². The fourth-order valence-corrected chi connectivity index (χ4v) is 1.49. The van der Waals surface area contributed by atoms with Crippen molar-refractivity contribution in [1.82, 2.24) is 20.5 Å². The molecule has 0 fully saturated rings. The zero-order chi connectivity index (χ0) is 9.80. The summed E-state index contributed by atoms with van der Waals surface area (Å²) in [5.74, 6) is 0.0994. The van der Waals surface area contributed by atoms with Crippen LogP contribution in [0.25, 0.3) is 0 Å². The first-order valence-electron chi connectivity index (χ1n) is 4.67. The Morgan fingerprint density at radius 2 is 2.50 bits per heavy atom. The first-order valence-corrected chi connectivity index (χ1v) is 4.67. The Hall–Kier alpha value is -1.65. The molecule has 14 heavy (non-hydrogen) atoms. The molecule has 1 unspecified atom stereocenters. The van der Waals surface area contributed by atoms with Gasteiger partial charge in [0, 0.05) is 6.04 Å². The Kier molecular flexibility index (Phi) is 2.58. The standard InChI is InChI=1S/C9H12N4O/c14-9(8-10-6-11-13-8)12-7-4-2-1-3-5-7/h1-2,6-7H,3-5H2,(H,12,14)(H,10,11,13). The van der Waals surface area contributed by atoms with E-state index < -0.39 is 0 Å². The van der Waals surface area contributed by atoms with E-state index in [4.69, 9.17) is 0 Å². The summed E-state index contributed by atoms with van der Waals surface area (Å²) < 4.78 is 0. The van der Waals surface area contributed by atoms with Gasteiger partial charge >= 0.3 is 0 Å². The minimum atomic E-state index is -0.178. The van der Waals surface area contributed by atoms with Crippen molar-refractivity contribution in [3.8, 4) is 0 Å². The molecule has 0 bridgehead atoms. The molecule has 1 atom stereocenters. The third-order valence-electron chi connectivity index (χ3n) is 2.23. The van der Waals surface area contributed by atoms with E-state index in [0.29, 0.717) is 0 Å². The fraction of sp³-hybridized carbons (Fsp3) is 0.444. The van der Waals surface area contributed by atoms with Crippen molar-refractivity contribution in [2.24, 2.45) is 0 Å². The molecule has 1 heterocycles. The van der Waals surface area contributed by atoms with Crippen LogP contribution in [0.5, 0.6) is 0 Å². The van der Waals surface area contributed by atoms with Crippen molar-refractivity contribution in [2.45, 2.75) is 25.3 Å². The molecule has 0 aliphatic heterocycles. The number of hydrogen-bond donors (Lipinski definition) is 2. The van der Waals surface area contributed by atoms with Crippen LogP contribution in [0.2, 0.25) is 0 Å². The summed E-state index contributed by atoms with van der Waals surface area (Å²) >= 11 is 0. The minimum Gasteiger partial charge on any atom is -0.346 e. The number of nitrogens with one attached hydrogen (secondary N) is 2. The smallest absolute Gasteiger partial charge is 0.288 e. The number of H-pyrrole nitrogens is 1. The number of aromatic nitrogens is 3. The predicted octanol–water partition coefficient (Wildman–Crippen LogP) is 0.643. The van der Waals surface area contributed by atoms with Gasteiger partial charge in [-0.15, -0.1) is 0 Å². The number of amides is 1. The van der Waals surface area contributed by atoms with Gasteiger partial charge in [-0.1, -0.05) is 12.2 Å². The van der Waals surface area contributed by atoms with Crippen molar-refractivity contribution in [1.29, 1.82) is 0 Å². The van der Waals surface area contributed by atoms with Crippen LogP contribution < -0.4 is 5.32 Å². The Bertz CT molecular complexity index is 331. The van der Waals surface area contributed by atoms with Crippen molar-refractivity contribution in [2.75, 3.05) is 0 Å². The summed E-state index contributed by atoms with van der Waals surface area (Å²) in [6.45, 7) is 0. The molecule has 1 aliphatic carbocycles. The van der Waals surface area contributed by atoms with Crippen LogP contribution >= 0.6 is 0 Å². The highest BCUT2D eigenvalue weighted by Gasteiger charge is 2.15. The maximum absolute atomic E-state index is 11.5. The van der Waals surface area contributed by atoms with Gasteiger partial charge in [-0.05, 0) is 19.3 Å². The lowest BCUT2D eigenvalue weighted by atomic mass is 10.0. The lowest BCUT2D eigenvalue weighted by molar-refractivity contribution is 0.0924. The van der Waals surface area contributed by atoms with Crippen molar-refractivity contribution in [3.63, 3.8) is 0 Å². The second kappa shape index (κ2) is 4.04. The van der Waals surface area contributed by atoms with Crippen LogP contribution in [0.1, 0.15) is 29.9 Å². The van der Waals surface area contributed by atoms with Gasteiger partial charge in [0.2, 0.25) is 5.82 Å². The molecule has 5 heteroatoms. The van der Waals surface area contributed by atoms with E-state index in [1.807, 2.05) is 0 Å². The number of allylic oxidation sites excluding steroid dienone is 1. The highest BCUT2D eigenvalue weighted by Crippen LogP contribution is 2.10. The predicted molar refractivity (Wildman–Crippen MR) is 50.6 cm³/mol. The molecule has 74 valence electrons. The molecular formula is C9H12N4O. The average molecular weight is 192 g/mol. The monoisotopic (exact) mass is 192 g/mol. The molecule has 0 spiro atoms. The minimum absolute atomic E-state index is 0.178. The lowest BCUT2D eigenvalue weighted by Gasteiger charge is -2.18. The lowest BCUT2D eigenvalue weighted by Crippen LogP contribution is -2.35. The molecule has 1 amide bonds. The number of hydrogen-bond acceptors (Lipinski definition) is 3. The van der Waals surface area contributed by atoms with E-state index in [1.54, 1.807) is 0 Å². The van der Waals surface area contributed by atoms with E-state index in [0.717, 1.165) is 19.3 Å². The van der Waals surface area contributed by atoms with Gasteiger partial charge in [-0.3, -0.25) is 9.89 Å². The van der Waals surface area contributed by atoms with Gasteiger partial charge in [0.1, 0.15) is 6.33 Å². The van der Waals surface area contributed by atoms with Crippen molar-refractivity contribution in [3.05, 3.63) is 24.3 Å². The van der Waals surface area contributed by atoms with E-state index >= 15 is 0 Å². The summed E-state index contributed by atoms with van der Waals surface area (Å²) in [7, 11) is 0. The summed E-state index contributed by atoms with van der Waals surface area (Å²) in [5.41, 5.74) is 0. The molecule has 0 saturated heterocycles. The molecule has 0 radical (unpaired) electrons. The Labute approximate surface area is 81.6 Å². The van der Waals surface area contributed by atoms with E-state index in [9.17, 15) is 4.79 Å². The molecule has 0 saturated carbocycles. The topological polar surface area (TPSA) is 70.7 Å². The maximum Gasteiger partial charge on any atom is 0.288 e. The number of rotatable bonds is 2. The molecule has 5 nitrogen and oxygen atoms in total. The third-order valence-corrected chi connectivity index (χ3v) is 2.23. The molecule has 1 aromatic rings. The molecule has 0 aromatic carbocycles. The van der Waals surface area contributed by atoms with Crippen molar-refractivity contribution >= 4 is 5.91 Å². The second-order valence-electron chi connectivity index (χ2n) is 3.29. The summed E-state index contributed by atoms with van der Waals surface area (Å²) in [6, 6.07) is 0.234. The van der Waals surface area contributed by atoms with Gasteiger partial charge in [0.25, 0.3) is 5.91 Å². The largest absolute Gasteiger partial charge is 0.346 e. The summed E-state index contributed by atoms with van der Waals surface area (Å²) in [5, 5.41) is 9.06. The second-order valence-corrected chi connectivity index (χ2v) is 3.29. The van der Waals surface area contributed by atoms with Crippen LogP contribution in [0, 0.1) is 0 Å². The highest BCUT2D eigenvalue weighted by atomic mass is 16.2. The molecule has 2 rings (SSSR count). The number of carbonyl (C=O) groups excluding carboxylic acids is 1. The number of carbonyl (C=O) groups is 1. The summed E-state index contributed by atoms with van der Waals surface area (Å²) in [4.78, 5) is 15.3. The summed E-state index contributed by atoms with van der Waals surface area (Å²) in [6.07, 6.45) is 8.49. The highest BCUT2D eigenvalue weighted by molar-refractivity contribution is 5.90. The normalized spacial score (nSPS) is 20.7. The van der Waals surface area contributed by atoms with Crippen LogP contribution in [0.4, 0.5) is 0 Å². The molecule has 2 N–H and O–H groups in total. The Balaban J connectivity index is 1.91. The van der Waals surface area contributed by atoms with Crippen LogP contribution in [-0.2, 0) is 0 Å². The van der Waals surface area contributed by atoms with Crippen molar-refractivity contribution < 1.29 is 4.79 Å². The van der Waals surface area contributed by atoms with Gasteiger partial charge in [-0.2, -0.15) is 5.10 Å². The van der Waals surface area contributed by atoms with Crippen LogP contribution in [0.3, 0.4) is 0 Å². The molecular weight excluding hydrogens is 180 g/mol. The van der Waals surface area contributed by atoms with E-state index in [-0.39, 0.29) is 17.8 Å². The first-order chi connectivity index (χ1) is 6.86. The third kappa shape index (κ3) is 1.99. The zero-order valence-electron chi connectivity index (χ0n) is 7.73. The Morgan fingerprint density at radius 3 is 3.14 bits per heavy atom. The zero-order valence-corrected chi connectivity index (χ0v) is 7.73. The number of aromatic amines is 1. The van der Waals surface area contributed by atoms with E-state index in [2.05, 4.69) is 32.7 Å². The van der Waals surface area contributed by atoms with Gasteiger partial charge in [0.15, 0.2) is 0 Å². The SMILES string of the molecule is O=C(NC1CC=CCC1)c1ncn[nH]1. The maximum atomic E-state index is 11.5. The van der Waals surface area contributed by atoms with E-state index in [1.165, 1.54) is 6.33 Å². The van der Waals surface area contributed by atoms with Gasteiger partial charge in [0.05, 0.1) is 0 Å².